The number of rotatable bonds is 5. The Morgan fingerprint density at radius 3 is 2.33 bits per heavy atom. The van der Waals surface area contributed by atoms with Crippen LogP contribution in [0.3, 0.4) is 0 Å². The third-order valence-corrected chi connectivity index (χ3v) is 3.73. The van der Waals surface area contributed by atoms with Crippen LogP contribution in [-0.4, -0.2) is 35.7 Å². The lowest BCUT2D eigenvalue weighted by Gasteiger charge is -2.19. The molecule has 0 aromatic carbocycles. The minimum absolute atomic E-state index is 0.00741. The van der Waals surface area contributed by atoms with Gasteiger partial charge in [-0.25, -0.2) is 0 Å². The lowest BCUT2D eigenvalue weighted by atomic mass is 10.4. The highest BCUT2D eigenvalue weighted by Gasteiger charge is 2.16. The van der Waals surface area contributed by atoms with Crippen LogP contribution < -0.4 is 0 Å². The number of nitrogens with zero attached hydrogens (tertiary/aromatic N) is 1. The van der Waals surface area contributed by atoms with Crippen molar-refractivity contribution >= 4 is 56.4 Å². The van der Waals surface area contributed by atoms with Crippen LogP contribution in [-0.2, 0) is 0 Å². The number of hydrogen-bond donors (Lipinski definition) is 0. The first-order valence-corrected chi connectivity index (χ1v) is 7.03. The van der Waals surface area contributed by atoms with E-state index in [9.17, 15) is 4.79 Å². The predicted octanol–water partition coefficient (Wildman–Crippen LogP) is 3.43. The van der Waals surface area contributed by atoms with Gasteiger partial charge in [0.15, 0.2) is 0 Å². The molecule has 0 spiro atoms. The van der Waals surface area contributed by atoms with E-state index in [2.05, 4.69) is 15.9 Å². The molecule has 1 aromatic heterocycles. The highest BCUT2D eigenvalue weighted by molar-refractivity contribution is 9.11. The Balaban J connectivity index is 2.71. The largest absolute Gasteiger partial charge is 0.336 e. The second kappa shape index (κ2) is 6.74. The summed E-state index contributed by atoms with van der Waals surface area (Å²) in [6.45, 7) is 1.06. The monoisotopic (exact) mass is 329 g/mol. The van der Waals surface area contributed by atoms with Crippen molar-refractivity contribution in [3.8, 4) is 0 Å². The Hall–Kier alpha value is 0.230. The van der Waals surface area contributed by atoms with Gasteiger partial charge < -0.3 is 4.90 Å². The third kappa shape index (κ3) is 3.94. The minimum atomic E-state index is -0.00741. The number of hydrogen-bond acceptors (Lipinski definition) is 2. The Kier molecular flexibility index (Phi) is 5.97. The van der Waals surface area contributed by atoms with E-state index < -0.39 is 0 Å². The molecule has 0 atom stereocenters. The maximum Gasteiger partial charge on any atom is 0.264 e. The van der Waals surface area contributed by atoms with E-state index >= 15 is 0 Å². The Morgan fingerprint density at radius 2 is 1.93 bits per heavy atom. The lowest BCUT2D eigenvalue weighted by molar-refractivity contribution is 0.0780. The molecule has 0 N–H and O–H groups in total. The van der Waals surface area contributed by atoms with Gasteiger partial charge in [-0.3, -0.25) is 4.79 Å². The molecule has 0 aliphatic heterocycles. The maximum atomic E-state index is 11.9. The topological polar surface area (TPSA) is 20.3 Å². The molecule has 2 nitrogen and oxygen atoms in total. The minimum Gasteiger partial charge on any atom is -0.336 e. The smallest absolute Gasteiger partial charge is 0.264 e. The lowest BCUT2D eigenvalue weighted by Crippen LogP contribution is -2.33. The normalized spacial score (nSPS) is 10.3. The van der Waals surface area contributed by atoms with Crippen LogP contribution in [0, 0.1) is 0 Å². The fourth-order valence-electron chi connectivity index (χ4n) is 1.10. The fraction of sp³-hybridized carbons (Fsp3) is 0.444. The molecule has 6 heteroatoms. The van der Waals surface area contributed by atoms with Crippen molar-refractivity contribution < 1.29 is 4.79 Å². The van der Waals surface area contributed by atoms with Gasteiger partial charge in [0.1, 0.15) is 0 Å². The van der Waals surface area contributed by atoms with E-state index in [0.29, 0.717) is 29.7 Å². The van der Waals surface area contributed by atoms with Crippen LogP contribution in [0.2, 0.25) is 0 Å². The molecule has 15 heavy (non-hydrogen) atoms. The van der Waals surface area contributed by atoms with Gasteiger partial charge >= 0.3 is 0 Å². The summed E-state index contributed by atoms with van der Waals surface area (Å²) in [6.07, 6.45) is 0. The zero-order valence-corrected chi connectivity index (χ0v) is 11.8. The molecular weight excluding hydrogens is 321 g/mol. The SMILES string of the molecule is O=C(c1ccc(Br)s1)N(CCCl)CCCl. The van der Waals surface area contributed by atoms with Crippen LogP contribution >= 0.6 is 50.5 Å². The van der Waals surface area contributed by atoms with Crippen molar-refractivity contribution in [2.75, 3.05) is 24.8 Å². The van der Waals surface area contributed by atoms with Crippen molar-refractivity contribution in [1.29, 1.82) is 0 Å². The summed E-state index contributed by atoms with van der Waals surface area (Å²) in [5.41, 5.74) is 0. The van der Waals surface area contributed by atoms with E-state index in [1.807, 2.05) is 6.07 Å². The average Bonchev–Trinajstić information content (AvgIpc) is 2.63. The van der Waals surface area contributed by atoms with Gasteiger partial charge in [0.25, 0.3) is 5.91 Å². The summed E-state index contributed by atoms with van der Waals surface area (Å²) in [7, 11) is 0. The van der Waals surface area contributed by atoms with Crippen LogP contribution in [0.4, 0.5) is 0 Å². The van der Waals surface area contributed by atoms with Gasteiger partial charge in [-0.1, -0.05) is 0 Å². The molecule has 0 saturated heterocycles. The fourth-order valence-corrected chi connectivity index (χ4v) is 2.87. The van der Waals surface area contributed by atoms with E-state index in [1.54, 1.807) is 11.0 Å². The summed E-state index contributed by atoms with van der Waals surface area (Å²) < 4.78 is 0.947. The molecule has 0 aliphatic carbocycles. The van der Waals surface area contributed by atoms with Crippen molar-refractivity contribution in [2.45, 2.75) is 0 Å². The summed E-state index contributed by atoms with van der Waals surface area (Å²) in [5.74, 6) is 0.844. The molecule has 0 aliphatic rings. The summed E-state index contributed by atoms with van der Waals surface area (Å²) >= 11 is 16.0. The van der Waals surface area contributed by atoms with Crippen LogP contribution in [0.1, 0.15) is 9.67 Å². The second-order valence-electron chi connectivity index (χ2n) is 2.77. The number of amides is 1. The van der Waals surface area contributed by atoms with Crippen molar-refractivity contribution in [3.63, 3.8) is 0 Å². The Bertz CT molecular complexity index is 326. The van der Waals surface area contributed by atoms with Gasteiger partial charge in [0.2, 0.25) is 0 Å². The molecule has 0 unspecified atom stereocenters. The van der Waals surface area contributed by atoms with Crippen LogP contribution in [0.15, 0.2) is 15.9 Å². The molecule has 84 valence electrons. The van der Waals surface area contributed by atoms with E-state index in [0.717, 1.165) is 3.79 Å². The van der Waals surface area contributed by atoms with Gasteiger partial charge in [0.05, 0.1) is 8.66 Å². The van der Waals surface area contributed by atoms with E-state index in [-0.39, 0.29) is 5.91 Å². The zero-order chi connectivity index (χ0) is 11.3. The number of thiophene rings is 1. The van der Waals surface area contributed by atoms with Gasteiger partial charge in [-0.2, -0.15) is 0 Å². The van der Waals surface area contributed by atoms with Crippen molar-refractivity contribution in [3.05, 3.63) is 20.8 Å². The predicted molar refractivity (Wildman–Crippen MR) is 69.4 cm³/mol. The zero-order valence-electron chi connectivity index (χ0n) is 7.88. The number of halogens is 3. The summed E-state index contributed by atoms with van der Waals surface area (Å²) in [5, 5.41) is 0. The Labute approximate surface area is 111 Å². The average molecular weight is 331 g/mol. The van der Waals surface area contributed by atoms with Crippen LogP contribution in [0.25, 0.3) is 0 Å². The third-order valence-electron chi connectivity index (χ3n) is 1.78. The Morgan fingerprint density at radius 1 is 1.33 bits per heavy atom. The maximum absolute atomic E-state index is 11.9. The molecule has 1 amide bonds. The van der Waals surface area contributed by atoms with Crippen molar-refractivity contribution in [2.24, 2.45) is 0 Å². The standard InChI is InChI=1S/C9H10BrCl2NOS/c10-8-2-1-7(15-8)9(14)13(5-3-11)6-4-12/h1-2H,3-6H2. The number of carbonyl (C=O) groups excluding carboxylic acids is 1. The van der Waals surface area contributed by atoms with Gasteiger partial charge in [-0.15, -0.1) is 34.5 Å². The first-order chi connectivity index (χ1) is 7.19. The van der Waals surface area contributed by atoms with Crippen molar-refractivity contribution in [1.82, 2.24) is 4.90 Å². The van der Waals surface area contributed by atoms with E-state index in [4.69, 9.17) is 23.2 Å². The molecule has 1 aromatic rings. The van der Waals surface area contributed by atoms with Crippen LogP contribution in [0.5, 0.6) is 0 Å². The first kappa shape index (κ1) is 13.3. The highest BCUT2D eigenvalue weighted by Crippen LogP contribution is 2.23. The molecule has 1 rings (SSSR count). The molecule has 0 radical (unpaired) electrons. The summed E-state index contributed by atoms with van der Waals surface area (Å²) in [6, 6.07) is 3.66. The molecule has 1 heterocycles. The first-order valence-electron chi connectivity index (χ1n) is 4.35. The highest BCUT2D eigenvalue weighted by atomic mass is 79.9. The van der Waals surface area contributed by atoms with Gasteiger partial charge in [0, 0.05) is 24.8 Å². The summed E-state index contributed by atoms with van der Waals surface area (Å²) in [4.78, 5) is 14.3. The number of alkyl halides is 2. The molecule has 0 fully saturated rings. The molecular formula is C9H10BrCl2NOS. The molecule has 0 saturated carbocycles. The molecule has 0 bridgehead atoms. The quantitative estimate of drug-likeness (QED) is 0.757. The second-order valence-corrected chi connectivity index (χ2v) is 5.99. The van der Waals surface area contributed by atoms with E-state index in [1.165, 1.54) is 11.3 Å². The number of carbonyl (C=O) groups is 1. The van der Waals surface area contributed by atoms with Gasteiger partial charge in [-0.05, 0) is 28.1 Å².